The number of benzene rings is 2. The number of nitrogens with zero attached hydrogens (tertiary/aromatic N) is 2. The SMILES string of the molecule is Cc1[nH]c(NC/C=C\COc2cccc(CN3CCCCC3)c2)nc(=O)c1Cc1ccccc1. The lowest BCUT2D eigenvalue weighted by Crippen LogP contribution is -2.29. The van der Waals surface area contributed by atoms with Crippen LogP contribution >= 0.6 is 0 Å². The van der Waals surface area contributed by atoms with Crippen LogP contribution in [0.25, 0.3) is 0 Å². The molecule has 3 aromatic rings. The van der Waals surface area contributed by atoms with Crippen molar-refractivity contribution in [2.24, 2.45) is 0 Å². The van der Waals surface area contributed by atoms with Crippen LogP contribution in [0, 0.1) is 6.92 Å². The minimum absolute atomic E-state index is 0.195. The van der Waals surface area contributed by atoms with Crippen molar-refractivity contribution in [3.8, 4) is 5.75 Å². The molecule has 1 aliphatic heterocycles. The number of rotatable bonds is 10. The van der Waals surface area contributed by atoms with Gasteiger partial charge in [-0.1, -0.05) is 55.0 Å². The highest BCUT2D eigenvalue weighted by Gasteiger charge is 2.11. The van der Waals surface area contributed by atoms with Gasteiger partial charge in [-0.25, -0.2) is 0 Å². The molecule has 34 heavy (non-hydrogen) atoms. The summed E-state index contributed by atoms with van der Waals surface area (Å²) >= 11 is 0. The lowest BCUT2D eigenvalue weighted by atomic mass is 10.1. The van der Waals surface area contributed by atoms with E-state index in [0.29, 0.717) is 31.1 Å². The van der Waals surface area contributed by atoms with Gasteiger partial charge in [0.05, 0.1) is 0 Å². The van der Waals surface area contributed by atoms with Crippen molar-refractivity contribution in [3.63, 3.8) is 0 Å². The van der Waals surface area contributed by atoms with Crippen LogP contribution in [0.15, 0.2) is 71.5 Å². The van der Waals surface area contributed by atoms with Crippen LogP contribution in [0.3, 0.4) is 0 Å². The summed E-state index contributed by atoms with van der Waals surface area (Å²) in [5.41, 5.74) is 3.73. The number of hydrogen-bond acceptors (Lipinski definition) is 5. The quantitative estimate of drug-likeness (QED) is 0.431. The third-order valence-electron chi connectivity index (χ3n) is 6.11. The van der Waals surface area contributed by atoms with Gasteiger partial charge in [-0.3, -0.25) is 9.69 Å². The fraction of sp³-hybridized carbons (Fsp3) is 0.357. The zero-order valence-electron chi connectivity index (χ0n) is 19.9. The summed E-state index contributed by atoms with van der Waals surface area (Å²) < 4.78 is 5.89. The first-order valence-corrected chi connectivity index (χ1v) is 12.1. The normalized spacial score (nSPS) is 14.4. The molecule has 178 valence electrons. The summed E-state index contributed by atoms with van der Waals surface area (Å²) in [6.07, 6.45) is 8.48. The summed E-state index contributed by atoms with van der Waals surface area (Å²) in [4.78, 5) is 22.4. The summed E-state index contributed by atoms with van der Waals surface area (Å²) in [5.74, 6) is 1.37. The van der Waals surface area contributed by atoms with E-state index >= 15 is 0 Å². The Morgan fingerprint density at radius 3 is 2.62 bits per heavy atom. The number of anilines is 1. The molecule has 0 radical (unpaired) electrons. The van der Waals surface area contributed by atoms with Gasteiger partial charge in [-0.2, -0.15) is 4.98 Å². The van der Waals surface area contributed by atoms with Crippen molar-refractivity contribution < 1.29 is 4.74 Å². The Kier molecular flexibility index (Phi) is 8.52. The van der Waals surface area contributed by atoms with Crippen LogP contribution in [0.2, 0.25) is 0 Å². The molecular weight excluding hydrogens is 424 g/mol. The van der Waals surface area contributed by atoms with Gasteiger partial charge in [0.25, 0.3) is 5.56 Å². The number of aromatic nitrogens is 2. The average molecular weight is 459 g/mol. The van der Waals surface area contributed by atoms with E-state index in [1.165, 1.54) is 37.9 Å². The maximum atomic E-state index is 12.5. The largest absolute Gasteiger partial charge is 0.490 e. The summed E-state index contributed by atoms with van der Waals surface area (Å²) in [5, 5.41) is 3.16. The van der Waals surface area contributed by atoms with Crippen LogP contribution < -0.4 is 15.6 Å². The fourth-order valence-electron chi connectivity index (χ4n) is 4.26. The number of piperidine rings is 1. The molecule has 1 fully saturated rings. The van der Waals surface area contributed by atoms with E-state index in [9.17, 15) is 4.79 Å². The summed E-state index contributed by atoms with van der Waals surface area (Å²) in [6.45, 7) is 6.33. The number of likely N-dealkylation sites (tertiary alicyclic amines) is 1. The Balaban J connectivity index is 1.22. The molecule has 1 aromatic heterocycles. The third-order valence-corrected chi connectivity index (χ3v) is 6.11. The fourth-order valence-corrected chi connectivity index (χ4v) is 4.26. The minimum Gasteiger partial charge on any atom is -0.490 e. The van der Waals surface area contributed by atoms with Crippen molar-refractivity contribution in [2.75, 3.05) is 31.6 Å². The minimum atomic E-state index is -0.195. The molecule has 0 atom stereocenters. The van der Waals surface area contributed by atoms with Gasteiger partial charge >= 0.3 is 0 Å². The number of aryl methyl sites for hydroxylation is 1. The Morgan fingerprint density at radius 2 is 1.82 bits per heavy atom. The Hall–Kier alpha value is -3.38. The maximum Gasteiger partial charge on any atom is 0.278 e. The Morgan fingerprint density at radius 1 is 1.03 bits per heavy atom. The van der Waals surface area contributed by atoms with Crippen molar-refractivity contribution in [1.29, 1.82) is 0 Å². The van der Waals surface area contributed by atoms with Crippen molar-refractivity contribution in [3.05, 3.63) is 99.5 Å². The van der Waals surface area contributed by atoms with Gasteiger partial charge in [0, 0.05) is 30.8 Å². The van der Waals surface area contributed by atoms with Crippen molar-refractivity contribution in [2.45, 2.75) is 39.2 Å². The summed E-state index contributed by atoms with van der Waals surface area (Å²) in [7, 11) is 0. The van der Waals surface area contributed by atoms with Gasteiger partial charge in [0.2, 0.25) is 5.95 Å². The van der Waals surface area contributed by atoms with Gasteiger partial charge in [0.1, 0.15) is 12.4 Å². The first-order valence-electron chi connectivity index (χ1n) is 12.1. The molecule has 1 aliphatic rings. The van der Waals surface area contributed by atoms with E-state index in [4.69, 9.17) is 4.74 Å². The number of hydrogen-bond donors (Lipinski definition) is 2. The predicted octanol–water partition coefficient (Wildman–Crippen LogP) is 4.70. The molecule has 2 aromatic carbocycles. The highest BCUT2D eigenvalue weighted by molar-refractivity contribution is 5.33. The second-order valence-corrected chi connectivity index (χ2v) is 8.80. The van der Waals surface area contributed by atoms with E-state index in [0.717, 1.165) is 23.6 Å². The standard InChI is InChI=1S/C28H34N4O2/c1-22-26(20-23-11-4-2-5-12-23)27(33)31-28(30-22)29-15-6-9-18-34-25-14-10-13-24(19-25)21-32-16-7-3-8-17-32/h2,4-6,9-14,19H,3,7-8,15-18,20-21H2,1H3,(H2,29,30,31,33)/b9-6-. The van der Waals surface area contributed by atoms with E-state index in [1.807, 2.05) is 55.5 Å². The zero-order chi connectivity index (χ0) is 23.6. The Bertz CT molecular complexity index is 1130. The lowest BCUT2D eigenvalue weighted by Gasteiger charge is -2.26. The first kappa shape index (κ1) is 23.8. The highest BCUT2D eigenvalue weighted by Crippen LogP contribution is 2.17. The topological polar surface area (TPSA) is 70.2 Å². The van der Waals surface area contributed by atoms with Crippen molar-refractivity contribution >= 4 is 5.95 Å². The molecule has 6 nitrogen and oxygen atoms in total. The number of aromatic amines is 1. The van der Waals surface area contributed by atoms with Crippen molar-refractivity contribution in [1.82, 2.24) is 14.9 Å². The lowest BCUT2D eigenvalue weighted by molar-refractivity contribution is 0.220. The van der Waals surface area contributed by atoms with Crippen LogP contribution in [-0.2, 0) is 13.0 Å². The molecule has 4 rings (SSSR count). The van der Waals surface area contributed by atoms with E-state index in [1.54, 1.807) is 0 Å². The van der Waals surface area contributed by atoms with Crippen LogP contribution in [0.1, 0.15) is 41.6 Å². The first-order chi connectivity index (χ1) is 16.7. The molecule has 0 bridgehead atoms. The molecule has 0 unspecified atom stereocenters. The molecule has 0 spiro atoms. The van der Waals surface area contributed by atoms with Crippen LogP contribution in [0.4, 0.5) is 5.95 Å². The highest BCUT2D eigenvalue weighted by atomic mass is 16.5. The number of H-pyrrole nitrogens is 1. The van der Waals surface area contributed by atoms with Crippen LogP contribution in [0.5, 0.6) is 5.75 Å². The predicted molar refractivity (Wildman–Crippen MR) is 138 cm³/mol. The molecular formula is C28H34N4O2. The molecule has 0 saturated carbocycles. The van der Waals surface area contributed by atoms with Gasteiger partial charge in [-0.15, -0.1) is 0 Å². The Labute approximate surface area is 201 Å². The molecule has 0 amide bonds. The molecule has 1 saturated heterocycles. The molecule has 2 N–H and O–H groups in total. The maximum absolute atomic E-state index is 12.5. The zero-order valence-corrected chi connectivity index (χ0v) is 19.9. The van der Waals surface area contributed by atoms with Crippen LogP contribution in [-0.4, -0.2) is 41.1 Å². The van der Waals surface area contributed by atoms with Gasteiger partial charge < -0.3 is 15.0 Å². The monoisotopic (exact) mass is 458 g/mol. The number of ether oxygens (including phenoxy) is 1. The second kappa shape index (κ2) is 12.2. The third kappa shape index (κ3) is 7.06. The van der Waals surface area contributed by atoms with Gasteiger partial charge in [-0.05, 0) is 62.2 Å². The van der Waals surface area contributed by atoms with E-state index in [-0.39, 0.29) is 5.56 Å². The van der Waals surface area contributed by atoms with Gasteiger partial charge in [0.15, 0.2) is 0 Å². The molecule has 0 aliphatic carbocycles. The van der Waals surface area contributed by atoms with E-state index in [2.05, 4.69) is 38.4 Å². The number of nitrogens with one attached hydrogen (secondary N) is 2. The second-order valence-electron chi connectivity index (χ2n) is 8.80. The average Bonchev–Trinajstić information content (AvgIpc) is 2.85. The smallest absolute Gasteiger partial charge is 0.278 e. The summed E-state index contributed by atoms with van der Waals surface area (Å²) in [6, 6.07) is 18.3. The molecule has 2 heterocycles. The van der Waals surface area contributed by atoms with E-state index < -0.39 is 0 Å². The molecule has 6 heteroatoms.